The normalized spacial score (nSPS) is 15.0. The number of carbonyl (C=O) groups is 10. The number of aryl methyl sites for hydroxylation is 1. The van der Waals surface area contributed by atoms with Gasteiger partial charge in [-0.05, 0) is 75.6 Å². The van der Waals surface area contributed by atoms with Crippen LogP contribution in [-0.4, -0.2) is 193 Å². The summed E-state index contributed by atoms with van der Waals surface area (Å²) >= 11 is 0.736. The first-order valence-corrected chi connectivity index (χ1v) is 28.0. The molecule has 1 aromatic carbocycles. The third-order valence-corrected chi connectivity index (χ3v) is 13.9. The van der Waals surface area contributed by atoms with Crippen LogP contribution in [0.5, 0.6) is 0 Å². The number of aldehydes is 4. The van der Waals surface area contributed by atoms with Gasteiger partial charge in [0.15, 0.2) is 0 Å². The predicted molar refractivity (Wildman–Crippen MR) is 283 cm³/mol. The fraction of sp³-hybridized carbons (Fsp3) is 0.538. The van der Waals surface area contributed by atoms with Gasteiger partial charge in [0.05, 0.1) is 43.1 Å². The van der Waals surface area contributed by atoms with Crippen LogP contribution in [0.1, 0.15) is 97.2 Å². The number of nitrogens with zero attached hydrogens (tertiary/aromatic N) is 4. The summed E-state index contributed by atoms with van der Waals surface area (Å²) in [6.45, 7) is 4.10. The number of likely N-dealkylation sites (N-methyl/N-ethyl adjacent to an activating group) is 2. The topological polar surface area (TPSA) is 303 Å². The number of imide groups is 1. The Morgan fingerprint density at radius 2 is 1.56 bits per heavy atom. The van der Waals surface area contributed by atoms with Crippen molar-refractivity contribution in [3.63, 3.8) is 0 Å². The molecule has 6 N–H and O–H groups in total. The number of halogens is 1. The summed E-state index contributed by atoms with van der Waals surface area (Å²) in [4.78, 5) is 130. The summed E-state index contributed by atoms with van der Waals surface area (Å²) in [5.41, 5.74) is 6.98. The summed E-state index contributed by atoms with van der Waals surface area (Å²) < 4.78 is 27.2. The molecule has 3 atom stereocenters. The van der Waals surface area contributed by atoms with Gasteiger partial charge in [-0.3, -0.25) is 24.1 Å². The van der Waals surface area contributed by atoms with E-state index in [4.69, 9.17) is 14.5 Å². The molecule has 6 amide bonds. The van der Waals surface area contributed by atoms with Crippen molar-refractivity contribution in [1.29, 1.82) is 0 Å². The van der Waals surface area contributed by atoms with Crippen LogP contribution in [-0.2, 0) is 77.0 Å². The molecule has 2 aromatic heterocycles. The average Bonchev–Trinajstić information content (AvgIpc) is 4.21. The van der Waals surface area contributed by atoms with Gasteiger partial charge in [0.1, 0.15) is 31.2 Å². The van der Waals surface area contributed by atoms with E-state index >= 15 is 0 Å². The minimum absolute atomic E-state index is 0.101. The molecule has 4 aliphatic rings. The Bertz CT molecular complexity index is 2630. The molecular formula is C52H72FN10O13Pb. The predicted octanol–water partition coefficient (Wildman–Crippen LogP) is -0.0312. The van der Waals surface area contributed by atoms with E-state index in [0.717, 1.165) is 78.2 Å². The quantitative estimate of drug-likeness (QED) is 0.0187. The van der Waals surface area contributed by atoms with Crippen LogP contribution in [0, 0.1) is 12.7 Å². The zero-order chi connectivity index (χ0) is 57.2. The molecule has 2 aliphatic carbocycles. The molecule has 419 valence electrons. The first kappa shape index (κ1) is 65.2. The summed E-state index contributed by atoms with van der Waals surface area (Å²) in [6, 6.07) is 2.97. The van der Waals surface area contributed by atoms with E-state index < -0.39 is 29.7 Å². The van der Waals surface area contributed by atoms with Crippen molar-refractivity contribution in [3.05, 3.63) is 61.7 Å². The van der Waals surface area contributed by atoms with Gasteiger partial charge in [0.2, 0.25) is 17.7 Å². The number of hydrogen-bond donors (Lipinski definition) is 6. The molecule has 2 fully saturated rings. The van der Waals surface area contributed by atoms with Crippen molar-refractivity contribution >= 4 is 97.3 Å². The van der Waals surface area contributed by atoms with Crippen molar-refractivity contribution in [2.45, 2.75) is 100 Å². The van der Waals surface area contributed by atoms with E-state index in [0.29, 0.717) is 69.7 Å². The molecule has 3 radical (unpaired) electrons. The number of amides is 6. The Morgan fingerprint density at radius 1 is 0.883 bits per heavy atom. The van der Waals surface area contributed by atoms with Crippen LogP contribution in [0.25, 0.3) is 22.3 Å². The summed E-state index contributed by atoms with van der Waals surface area (Å²) in [5.74, 6) is -2.94. The summed E-state index contributed by atoms with van der Waals surface area (Å²) in [7, 11) is 9.03. The number of benzene rings is 1. The summed E-state index contributed by atoms with van der Waals surface area (Å²) in [5, 5.41) is 16.0. The number of likely N-dealkylation sites (tertiary alicyclic amines) is 1. The monoisotopic (exact) mass is 1270 g/mol. The number of rotatable bonds is 23. The molecule has 25 heteroatoms. The maximum absolute atomic E-state index is 14.9. The van der Waals surface area contributed by atoms with Crippen molar-refractivity contribution in [1.82, 2.24) is 51.3 Å². The van der Waals surface area contributed by atoms with Gasteiger partial charge in [-0.2, -0.15) is 0 Å². The Hall–Kier alpha value is -6.07. The Morgan fingerprint density at radius 3 is 2.09 bits per heavy atom. The minimum Gasteiger partial charge on any atom is -0.348 e. The van der Waals surface area contributed by atoms with E-state index in [2.05, 4.69) is 50.9 Å². The zero-order valence-corrected chi connectivity index (χ0v) is 48.8. The zero-order valence-electron chi connectivity index (χ0n) is 44.9. The number of fused-ring (bicyclic) bond motifs is 4. The molecule has 3 aromatic rings. The number of aromatic nitrogens is 2. The molecule has 2 aliphatic heterocycles. The number of nitrogens with one attached hydrogen (secondary N) is 6. The van der Waals surface area contributed by atoms with Gasteiger partial charge in [-0.15, -0.1) is 0 Å². The molecule has 4 heterocycles. The molecule has 1 saturated carbocycles. The van der Waals surface area contributed by atoms with E-state index in [1.165, 1.54) is 25.3 Å². The second kappa shape index (κ2) is 34.0. The molecular weight excluding hydrogens is 1200 g/mol. The van der Waals surface area contributed by atoms with Gasteiger partial charge in [0, 0.05) is 54.5 Å². The van der Waals surface area contributed by atoms with Crippen molar-refractivity contribution in [2.24, 2.45) is 0 Å². The second-order valence-corrected chi connectivity index (χ2v) is 19.7. The van der Waals surface area contributed by atoms with Gasteiger partial charge < -0.3 is 39.2 Å². The van der Waals surface area contributed by atoms with Crippen LogP contribution in [0.15, 0.2) is 16.9 Å². The molecule has 0 spiro atoms. The third kappa shape index (κ3) is 19.1. The van der Waals surface area contributed by atoms with Crippen LogP contribution in [0.3, 0.4) is 0 Å². The molecule has 3 unspecified atom stereocenters. The SMILES string of the molecule is C1CC1.CCC(C=O)c1cc2n(c(=O)c1COC)Cc1c-2nc2cc(F)c(C)c3c2c1C(N(C)C)CC3.CNCC(=O)NC([CH2][Pb])C(=O)NCC(=O)NCOCC=O.CNCC=O.O=CCNC(=O)CN1C(=O)CCC1=O. The molecule has 1 saturated heterocycles. The average molecular weight is 1270 g/mol. The van der Waals surface area contributed by atoms with Crippen LogP contribution in [0.4, 0.5) is 4.39 Å². The number of ether oxygens (including phenoxy) is 2. The number of pyridine rings is 2. The second-order valence-electron chi connectivity index (χ2n) is 18.1. The fourth-order valence-corrected chi connectivity index (χ4v) is 9.43. The fourth-order valence-electron chi connectivity index (χ4n) is 8.31. The molecule has 0 bridgehead atoms. The molecule has 77 heavy (non-hydrogen) atoms. The number of hydrogen-bond acceptors (Lipinski definition) is 17. The van der Waals surface area contributed by atoms with Crippen LogP contribution < -0.4 is 37.5 Å². The standard InChI is InChI=1S/C27H30FN3O3.C11H19N4O5.C8H10N2O4.C3H7NO.C3H6.Pb/c1-6-15(12-32)17-9-23-26-18(11-31(23)27(33)19(17)13-34-5)25-22(30(3)4)8-7-16-14(2)20(28)10-21(29-26)24(16)25;1-8(15-10(18)5-12-2)11(19)13-6-9(17)14-7-20-4-3-16;11-4-3-9-6(12)5-10-7(13)1-2-8(10)14;1-4-2-3-5;1-2-3-1;/h9-10,12,15,22H,6-8,11,13H2,1-5H3;3,8,12H,1,4-7H2,2H3,(H,13,19)(H,14,17)(H,15,18);4H,1-3,5H2,(H,9,12);3-4H,2H2,1H3;1-3H2;. The van der Waals surface area contributed by atoms with Crippen molar-refractivity contribution in [3.8, 4) is 11.4 Å². The van der Waals surface area contributed by atoms with E-state index in [-0.39, 0.29) is 94.1 Å². The maximum atomic E-state index is 14.9. The minimum atomic E-state index is -0.628. The van der Waals surface area contributed by atoms with Gasteiger partial charge in [-0.25, -0.2) is 9.37 Å². The number of carbonyl (C=O) groups excluding carboxylic acids is 10. The van der Waals surface area contributed by atoms with E-state index in [1.807, 2.05) is 19.9 Å². The Kier molecular flexibility index (Phi) is 28.8. The van der Waals surface area contributed by atoms with Crippen LogP contribution >= 0.6 is 0 Å². The molecule has 23 nitrogen and oxygen atoms in total. The van der Waals surface area contributed by atoms with E-state index in [9.17, 15) is 57.1 Å². The van der Waals surface area contributed by atoms with Crippen LogP contribution in [0.2, 0.25) is 3.98 Å². The Labute approximate surface area is 462 Å². The van der Waals surface area contributed by atoms with E-state index in [1.54, 1.807) is 25.8 Å². The number of methoxy groups -OCH3 is 1. The first-order chi connectivity index (χ1) is 36.9. The van der Waals surface area contributed by atoms with Gasteiger partial charge in [-0.1, -0.05) is 26.2 Å². The first-order valence-electron chi connectivity index (χ1n) is 25.2. The smallest absolute Gasteiger partial charge is 0.348 e. The third-order valence-electron chi connectivity index (χ3n) is 12.3. The van der Waals surface area contributed by atoms with Crippen molar-refractivity contribution < 1.29 is 61.8 Å². The summed E-state index contributed by atoms with van der Waals surface area (Å²) in [6.07, 6.45) is 9.91. The Balaban J connectivity index is 0.000000308. The van der Waals surface area contributed by atoms with Gasteiger partial charge in [0.25, 0.3) is 5.56 Å². The van der Waals surface area contributed by atoms with Gasteiger partial charge >= 0.3 is 138 Å². The molecule has 7 rings (SSSR count). The van der Waals surface area contributed by atoms with Crippen molar-refractivity contribution in [2.75, 3.05) is 81.4 Å².